The largest absolute Gasteiger partial charge is 0.508 e. The first-order valence-electron chi connectivity index (χ1n) is 8.18. The average Bonchev–Trinajstić information content (AvgIpc) is 2.44. The molecule has 1 aliphatic heterocycles. The fourth-order valence-electron chi connectivity index (χ4n) is 2.94. The maximum atomic E-state index is 12.4. The summed E-state index contributed by atoms with van der Waals surface area (Å²) in [5.41, 5.74) is -0.316. The Kier molecular flexibility index (Phi) is 5.40. The number of piperazine rings is 1. The molecule has 0 spiro atoms. The fourth-order valence-corrected chi connectivity index (χ4v) is 2.94. The van der Waals surface area contributed by atoms with E-state index in [1.807, 2.05) is 45.6 Å². The van der Waals surface area contributed by atoms with Crippen LogP contribution in [0, 0.1) is 0 Å². The Morgan fingerprint density at radius 2 is 1.83 bits per heavy atom. The SMILES string of the molecule is C[C@@H]1CN(c2cccc(B(O)O)n2)C[C@H](C)N1C(=O)OC(C)(C)C. The van der Waals surface area contributed by atoms with Crippen molar-refractivity contribution in [2.75, 3.05) is 18.0 Å². The first-order valence-corrected chi connectivity index (χ1v) is 8.18. The van der Waals surface area contributed by atoms with Crippen LogP contribution in [0.1, 0.15) is 34.6 Å². The van der Waals surface area contributed by atoms with E-state index in [9.17, 15) is 14.8 Å². The molecule has 0 unspecified atom stereocenters. The van der Waals surface area contributed by atoms with E-state index in [4.69, 9.17) is 4.74 Å². The third-order valence-corrected chi connectivity index (χ3v) is 3.87. The first kappa shape index (κ1) is 18.5. The van der Waals surface area contributed by atoms with Crippen molar-refractivity contribution in [1.29, 1.82) is 0 Å². The summed E-state index contributed by atoms with van der Waals surface area (Å²) < 4.78 is 5.50. The second kappa shape index (κ2) is 6.98. The third-order valence-electron chi connectivity index (χ3n) is 3.87. The van der Waals surface area contributed by atoms with Gasteiger partial charge in [0.15, 0.2) is 0 Å². The van der Waals surface area contributed by atoms with Crippen LogP contribution in [-0.2, 0) is 4.74 Å². The summed E-state index contributed by atoms with van der Waals surface area (Å²) in [4.78, 5) is 20.5. The van der Waals surface area contributed by atoms with Crippen molar-refractivity contribution in [1.82, 2.24) is 9.88 Å². The van der Waals surface area contributed by atoms with Crippen LogP contribution in [-0.4, -0.2) is 63.9 Å². The molecular formula is C16H26BN3O4. The van der Waals surface area contributed by atoms with Crippen LogP contribution in [0.4, 0.5) is 10.6 Å². The fraction of sp³-hybridized carbons (Fsp3) is 0.625. The molecule has 1 saturated heterocycles. The van der Waals surface area contributed by atoms with Crippen LogP contribution in [0.15, 0.2) is 18.2 Å². The molecule has 0 radical (unpaired) electrons. The molecule has 132 valence electrons. The Hall–Kier alpha value is -1.80. The van der Waals surface area contributed by atoms with Gasteiger partial charge >= 0.3 is 13.2 Å². The van der Waals surface area contributed by atoms with Gasteiger partial charge in [-0.3, -0.25) is 4.90 Å². The van der Waals surface area contributed by atoms with Crippen molar-refractivity contribution >= 4 is 24.6 Å². The summed E-state index contributed by atoms with van der Waals surface area (Å²) in [6.07, 6.45) is -0.311. The minimum Gasteiger partial charge on any atom is -0.444 e. The molecule has 24 heavy (non-hydrogen) atoms. The Morgan fingerprint density at radius 1 is 1.25 bits per heavy atom. The molecule has 2 N–H and O–H groups in total. The van der Waals surface area contributed by atoms with Gasteiger partial charge in [0.2, 0.25) is 0 Å². The van der Waals surface area contributed by atoms with E-state index in [1.54, 1.807) is 17.0 Å². The minimum atomic E-state index is -1.59. The molecule has 1 aliphatic rings. The highest BCUT2D eigenvalue weighted by molar-refractivity contribution is 6.57. The zero-order valence-electron chi connectivity index (χ0n) is 14.9. The Morgan fingerprint density at radius 3 is 2.33 bits per heavy atom. The second-order valence-corrected chi connectivity index (χ2v) is 7.28. The summed E-state index contributed by atoms with van der Waals surface area (Å²) in [7, 11) is -1.59. The van der Waals surface area contributed by atoms with Crippen molar-refractivity contribution in [2.24, 2.45) is 0 Å². The zero-order valence-corrected chi connectivity index (χ0v) is 14.9. The Bertz CT molecular complexity index is 579. The molecule has 2 heterocycles. The van der Waals surface area contributed by atoms with Gasteiger partial charge in [-0.2, -0.15) is 0 Å². The quantitative estimate of drug-likeness (QED) is 0.770. The highest BCUT2D eigenvalue weighted by Crippen LogP contribution is 2.22. The third kappa shape index (κ3) is 4.39. The first-order chi connectivity index (χ1) is 11.1. The number of carbonyl (C=O) groups is 1. The van der Waals surface area contributed by atoms with Gasteiger partial charge in [0.25, 0.3) is 0 Å². The summed E-state index contributed by atoms with van der Waals surface area (Å²) in [6, 6.07) is 5.04. The molecule has 2 rings (SSSR count). The predicted octanol–water partition coefficient (Wildman–Crippen LogP) is 0.596. The van der Waals surface area contributed by atoms with E-state index in [2.05, 4.69) is 4.98 Å². The molecule has 8 heteroatoms. The summed E-state index contributed by atoms with van der Waals surface area (Å²) in [5.74, 6) is 0.670. The monoisotopic (exact) mass is 335 g/mol. The van der Waals surface area contributed by atoms with E-state index < -0.39 is 12.7 Å². The van der Waals surface area contributed by atoms with E-state index in [-0.39, 0.29) is 23.8 Å². The topological polar surface area (TPSA) is 86.1 Å². The summed E-state index contributed by atoms with van der Waals surface area (Å²) in [5, 5.41) is 18.6. The Labute approximate surface area is 143 Å². The molecule has 1 aromatic rings. The van der Waals surface area contributed by atoms with E-state index in [1.165, 1.54) is 0 Å². The van der Waals surface area contributed by atoms with E-state index in [0.717, 1.165) is 0 Å². The number of hydrogen-bond acceptors (Lipinski definition) is 6. The van der Waals surface area contributed by atoms with Gasteiger partial charge in [-0.05, 0) is 46.8 Å². The number of nitrogens with zero attached hydrogens (tertiary/aromatic N) is 3. The van der Waals surface area contributed by atoms with E-state index >= 15 is 0 Å². The maximum Gasteiger partial charge on any atom is 0.508 e. The number of aromatic nitrogens is 1. The standard InChI is InChI=1S/C16H26BN3O4/c1-11-9-19(14-8-6-7-13(18-14)17(22)23)10-12(2)20(11)15(21)24-16(3,4)5/h6-8,11-12,22-23H,9-10H2,1-5H3/t11-,12+. The smallest absolute Gasteiger partial charge is 0.444 e. The van der Waals surface area contributed by atoms with Gasteiger partial charge < -0.3 is 19.7 Å². The molecule has 0 bridgehead atoms. The van der Waals surface area contributed by atoms with Crippen LogP contribution in [0.2, 0.25) is 0 Å². The molecule has 7 nitrogen and oxygen atoms in total. The van der Waals surface area contributed by atoms with Crippen molar-refractivity contribution in [3.8, 4) is 0 Å². The van der Waals surface area contributed by atoms with Crippen molar-refractivity contribution in [3.05, 3.63) is 18.2 Å². The minimum absolute atomic E-state index is 0.0480. The molecule has 1 aromatic heterocycles. The van der Waals surface area contributed by atoms with Gasteiger partial charge in [0.1, 0.15) is 11.4 Å². The maximum absolute atomic E-state index is 12.4. The number of carbonyl (C=O) groups excluding carboxylic acids is 1. The Balaban J connectivity index is 2.13. The average molecular weight is 335 g/mol. The lowest BCUT2D eigenvalue weighted by molar-refractivity contribution is 0.00561. The molecule has 0 aliphatic carbocycles. The number of pyridine rings is 1. The number of anilines is 1. The normalized spacial score (nSPS) is 21.6. The number of hydrogen-bond donors (Lipinski definition) is 2. The van der Waals surface area contributed by atoms with Crippen LogP contribution in [0.3, 0.4) is 0 Å². The lowest BCUT2D eigenvalue weighted by atomic mass is 9.86. The molecular weight excluding hydrogens is 309 g/mol. The highest BCUT2D eigenvalue weighted by atomic mass is 16.6. The molecule has 0 aromatic carbocycles. The molecule has 2 atom stereocenters. The van der Waals surface area contributed by atoms with Gasteiger partial charge in [-0.15, -0.1) is 0 Å². The highest BCUT2D eigenvalue weighted by Gasteiger charge is 2.36. The number of rotatable bonds is 2. The van der Waals surface area contributed by atoms with Gasteiger partial charge in [0, 0.05) is 13.1 Å². The lowest BCUT2D eigenvalue weighted by Crippen LogP contribution is -2.59. The molecule has 1 amide bonds. The van der Waals surface area contributed by atoms with Crippen LogP contribution >= 0.6 is 0 Å². The summed E-state index contributed by atoms with van der Waals surface area (Å²) in [6.45, 7) is 10.7. The van der Waals surface area contributed by atoms with Gasteiger partial charge in [0.05, 0.1) is 17.7 Å². The van der Waals surface area contributed by atoms with Crippen molar-refractivity contribution in [2.45, 2.75) is 52.3 Å². The van der Waals surface area contributed by atoms with Crippen LogP contribution in [0.25, 0.3) is 0 Å². The second-order valence-electron chi connectivity index (χ2n) is 7.28. The number of amides is 1. The predicted molar refractivity (Wildman–Crippen MR) is 93.3 cm³/mol. The zero-order chi connectivity index (χ0) is 18.1. The lowest BCUT2D eigenvalue weighted by Gasteiger charge is -2.45. The van der Waals surface area contributed by atoms with Gasteiger partial charge in [-0.1, -0.05) is 6.07 Å². The number of ether oxygens (including phenoxy) is 1. The summed E-state index contributed by atoms with van der Waals surface area (Å²) >= 11 is 0. The van der Waals surface area contributed by atoms with Crippen LogP contribution in [0.5, 0.6) is 0 Å². The van der Waals surface area contributed by atoms with Gasteiger partial charge in [-0.25, -0.2) is 9.78 Å². The molecule has 0 saturated carbocycles. The van der Waals surface area contributed by atoms with Crippen LogP contribution < -0.4 is 10.5 Å². The molecule has 1 fully saturated rings. The van der Waals surface area contributed by atoms with Crippen molar-refractivity contribution in [3.63, 3.8) is 0 Å². The van der Waals surface area contributed by atoms with E-state index in [0.29, 0.717) is 18.9 Å². The van der Waals surface area contributed by atoms with Crippen molar-refractivity contribution < 1.29 is 19.6 Å².